The summed E-state index contributed by atoms with van der Waals surface area (Å²) >= 11 is 7.32. The number of carbonyl (C=O) groups is 2. The highest BCUT2D eigenvalue weighted by Gasteiger charge is 2.40. The summed E-state index contributed by atoms with van der Waals surface area (Å²) in [7, 11) is 0. The van der Waals surface area contributed by atoms with Crippen molar-refractivity contribution in [3.63, 3.8) is 0 Å². The van der Waals surface area contributed by atoms with Crippen molar-refractivity contribution in [3.8, 4) is 0 Å². The Hall–Kier alpha value is -3.77. The molecule has 2 aliphatic heterocycles. The molecular formula is C26H23ClN6O4S. The number of hydrogen-bond acceptors (Lipinski definition) is 8. The molecule has 1 atom stereocenters. The first-order chi connectivity index (χ1) is 18.4. The fourth-order valence-corrected chi connectivity index (χ4v) is 5.83. The lowest BCUT2D eigenvalue weighted by Crippen LogP contribution is -2.56. The Labute approximate surface area is 226 Å². The number of nitrogens with zero attached hydrogens (tertiary/aromatic N) is 4. The molecule has 1 fully saturated rings. The lowest BCUT2D eigenvalue weighted by Gasteiger charge is -2.37. The van der Waals surface area contributed by atoms with E-state index in [1.807, 2.05) is 29.3 Å². The van der Waals surface area contributed by atoms with Crippen molar-refractivity contribution in [2.45, 2.75) is 13.0 Å². The topological polar surface area (TPSA) is 109 Å². The van der Waals surface area contributed by atoms with E-state index in [-0.39, 0.29) is 11.1 Å². The highest BCUT2D eigenvalue weighted by atomic mass is 35.5. The van der Waals surface area contributed by atoms with Crippen LogP contribution in [0.5, 0.6) is 0 Å². The SMILES string of the molecule is Cc1c2c(cc(=O)n1N1CCOCC1)[C@@H](C(=O)Nc1ccc(Cl)cc1)NN(c1nc3ccccc3s1)C2=O. The van der Waals surface area contributed by atoms with Gasteiger partial charge < -0.3 is 15.1 Å². The Morgan fingerprint density at radius 3 is 2.61 bits per heavy atom. The van der Waals surface area contributed by atoms with Crippen LogP contribution in [0.2, 0.25) is 5.02 Å². The van der Waals surface area contributed by atoms with Crippen molar-refractivity contribution in [2.75, 3.05) is 41.6 Å². The molecule has 0 radical (unpaired) electrons. The van der Waals surface area contributed by atoms with Crippen molar-refractivity contribution in [3.05, 3.63) is 86.8 Å². The highest BCUT2D eigenvalue weighted by molar-refractivity contribution is 7.22. The first-order valence-electron chi connectivity index (χ1n) is 12.0. The number of benzene rings is 2. The van der Waals surface area contributed by atoms with Crippen LogP contribution in [0.4, 0.5) is 10.8 Å². The molecule has 2 N–H and O–H groups in total. The van der Waals surface area contributed by atoms with Crippen molar-refractivity contribution in [1.29, 1.82) is 0 Å². The number of pyridine rings is 1. The van der Waals surface area contributed by atoms with Crippen LogP contribution in [0.3, 0.4) is 0 Å². The maximum atomic E-state index is 14.0. The van der Waals surface area contributed by atoms with Crippen LogP contribution < -0.4 is 26.3 Å². The van der Waals surface area contributed by atoms with Gasteiger partial charge >= 0.3 is 0 Å². The smallest absolute Gasteiger partial charge is 0.276 e. The van der Waals surface area contributed by atoms with Crippen LogP contribution in [0, 0.1) is 6.92 Å². The number of amides is 2. The molecule has 194 valence electrons. The van der Waals surface area contributed by atoms with Crippen molar-refractivity contribution < 1.29 is 14.3 Å². The molecule has 1 saturated heterocycles. The molecule has 0 aliphatic carbocycles. The summed E-state index contributed by atoms with van der Waals surface area (Å²) in [4.78, 5) is 45.5. The maximum Gasteiger partial charge on any atom is 0.276 e. The average Bonchev–Trinajstić information content (AvgIpc) is 3.34. The molecule has 2 aromatic heterocycles. The molecule has 0 saturated carbocycles. The summed E-state index contributed by atoms with van der Waals surface area (Å²) in [6.07, 6.45) is 0. The Balaban J connectivity index is 1.46. The number of nitrogens with one attached hydrogen (secondary N) is 2. The number of para-hydroxylation sites is 1. The molecule has 2 aromatic carbocycles. The predicted octanol–water partition coefficient (Wildman–Crippen LogP) is 3.23. The molecule has 0 spiro atoms. The van der Waals surface area contributed by atoms with E-state index in [1.54, 1.807) is 31.2 Å². The van der Waals surface area contributed by atoms with Crippen LogP contribution in [0.1, 0.15) is 27.7 Å². The fraction of sp³-hybridized carbons (Fsp3) is 0.231. The van der Waals surface area contributed by atoms with E-state index < -0.39 is 17.9 Å². The molecule has 38 heavy (non-hydrogen) atoms. The molecule has 4 aromatic rings. The lowest BCUT2D eigenvalue weighted by molar-refractivity contribution is -0.118. The summed E-state index contributed by atoms with van der Waals surface area (Å²) < 4.78 is 7.85. The van der Waals surface area contributed by atoms with Crippen LogP contribution in [0.25, 0.3) is 10.2 Å². The first kappa shape index (κ1) is 24.6. The number of halogens is 1. The van der Waals surface area contributed by atoms with Crippen LogP contribution in [-0.4, -0.2) is 47.8 Å². The number of aromatic nitrogens is 2. The second-order valence-electron chi connectivity index (χ2n) is 8.94. The van der Waals surface area contributed by atoms with Crippen molar-refractivity contribution >= 4 is 55.8 Å². The second kappa shape index (κ2) is 9.84. The minimum atomic E-state index is -1.03. The molecule has 6 rings (SSSR count). The van der Waals surface area contributed by atoms with Gasteiger partial charge in [-0.25, -0.2) is 20.1 Å². The number of morpholine rings is 1. The number of rotatable bonds is 4. The van der Waals surface area contributed by atoms with Gasteiger partial charge in [0.05, 0.1) is 47.8 Å². The van der Waals surface area contributed by atoms with Crippen LogP contribution in [0.15, 0.2) is 59.4 Å². The van der Waals surface area contributed by atoms with E-state index in [9.17, 15) is 14.4 Å². The number of carbonyl (C=O) groups excluding carboxylic acids is 2. The molecule has 2 amide bonds. The summed E-state index contributed by atoms with van der Waals surface area (Å²) in [5.41, 5.74) is 5.03. The number of hydrogen-bond donors (Lipinski definition) is 2. The first-order valence-corrected chi connectivity index (χ1v) is 13.2. The molecule has 4 heterocycles. The standard InChI is InChI=1S/C26H23ClN6O4S/c1-15-22-18(14-21(34)33(15)31-10-12-37-13-11-31)23(24(35)28-17-8-6-16(27)7-9-17)30-32(25(22)36)26-29-19-4-2-3-5-20(19)38-26/h2-9,14,23,30H,10-13H2,1H3,(H,28,35)/t23-/m0/s1. The van der Waals surface area contributed by atoms with E-state index in [0.717, 1.165) is 10.2 Å². The molecular weight excluding hydrogens is 528 g/mol. The quantitative estimate of drug-likeness (QED) is 0.401. The fourth-order valence-electron chi connectivity index (χ4n) is 4.77. The summed E-state index contributed by atoms with van der Waals surface area (Å²) in [6.45, 7) is 3.69. The normalized spacial score (nSPS) is 17.5. The van der Waals surface area contributed by atoms with Crippen LogP contribution in [-0.2, 0) is 9.53 Å². The van der Waals surface area contributed by atoms with E-state index in [2.05, 4.69) is 15.7 Å². The van der Waals surface area contributed by atoms with E-state index in [4.69, 9.17) is 16.3 Å². The number of thiazole rings is 1. The van der Waals surface area contributed by atoms with Gasteiger partial charge in [0.1, 0.15) is 6.04 Å². The number of hydrazine groups is 1. The van der Waals surface area contributed by atoms with Gasteiger partial charge in [0.25, 0.3) is 11.5 Å². The second-order valence-corrected chi connectivity index (χ2v) is 10.4. The third-order valence-corrected chi connectivity index (χ3v) is 7.83. The molecule has 2 aliphatic rings. The summed E-state index contributed by atoms with van der Waals surface area (Å²) in [6, 6.07) is 14.6. The minimum absolute atomic E-state index is 0.283. The Morgan fingerprint density at radius 1 is 1.13 bits per heavy atom. The Kier molecular flexibility index (Phi) is 6.36. The van der Waals surface area contributed by atoms with Gasteiger partial charge in [-0.3, -0.25) is 14.4 Å². The van der Waals surface area contributed by atoms with Gasteiger partial charge in [-0.1, -0.05) is 35.1 Å². The molecule has 10 nitrogen and oxygen atoms in total. The maximum absolute atomic E-state index is 14.0. The number of anilines is 2. The zero-order chi connectivity index (χ0) is 26.4. The summed E-state index contributed by atoms with van der Waals surface area (Å²) in [5, 5.41) is 6.96. The zero-order valence-corrected chi connectivity index (χ0v) is 21.9. The minimum Gasteiger partial charge on any atom is -0.378 e. The van der Waals surface area contributed by atoms with Gasteiger partial charge in [0.15, 0.2) is 0 Å². The number of fused-ring (bicyclic) bond motifs is 2. The van der Waals surface area contributed by atoms with Crippen molar-refractivity contribution in [2.24, 2.45) is 0 Å². The largest absolute Gasteiger partial charge is 0.378 e. The monoisotopic (exact) mass is 550 g/mol. The zero-order valence-electron chi connectivity index (χ0n) is 20.3. The molecule has 0 bridgehead atoms. The Morgan fingerprint density at radius 2 is 1.87 bits per heavy atom. The van der Waals surface area contributed by atoms with E-state index in [0.29, 0.717) is 53.4 Å². The van der Waals surface area contributed by atoms with Gasteiger partial charge in [0, 0.05) is 22.3 Å². The summed E-state index contributed by atoms with van der Waals surface area (Å²) in [5.74, 6) is -0.829. The third-order valence-electron chi connectivity index (χ3n) is 6.56. The molecule has 0 unspecified atom stereocenters. The average molecular weight is 551 g/mol. The number of ether oxygens (including phenoxy) is 1. The van der Waals surface area contributed by atoms with Gasteiger partial charge in [0.2, 0.25) is 11.0 Å². The predicted molar refractivity (Wildman–Crippen MR) is 147 cm³/mol. The lowest BCUT2D eigenvalue weighted by atomic mass is 9.96. The highest BCUT2D eigenvalue weighted by Crippen LogP contribution is 2.34. The van der Waals surface area contributed by atoms with E-state index >= 15 is 0 Å². The van der Waals surface area contributed by atoms with Crippen LogP contribution >= 0.6 is 22.9 Å². The van der Waals surface area contributed by atoms with Crippen molar-refractivity contribution in [1.82, 2.24) is 15.1 Å². The third kappa shape index (κ3) is 4.33. The van der Waals surface area contributed by atoms with Gasteiger partial charge in [-0.15, -0.1) is 0 Å². The Bertz CT molecular complexity index is 1580. The van der Waals surface area contributed by atoms with Gasteiger partial charge in [-0.05, 0) is 43.3 Å². The van der Waals surface area contributed by atoms with Gasteiger partial charge in [-0.2, -0.15) is 0 Å². The van der Waals surface area contributed by atoms with E-state index in [1.165, 1.54) is 27.1 Å². The molecule has 12 heteroatoms.